The average molecular weight is 287 g/mol. The van der Waals surface area contributed by atoms with Crippen LogP contribution in [0.4, 0.5) is 0 Å². The minimum Gasteiger partial charge on any atom is -0.327 e. The molecule has 0 aromatic heterocycles. The number of rotatable bonds is 8. The number of nitrogens with one attached hydrogen (secondary N) is 1. The predicted octanol–water partition coefficient (Wildman–Crippen LogP) is 2.56. The highest BCUT2D eigenvalue weighted by molar-refractivity contribution is 5.85. The first-order valence-electron chi connectivity index (χ1n) is 6.42. The van der Waals surface area contributed by atoms with Crippen LogP contribution in [0.1, 0.15) is 38.2 Å². The highest BCUT2D eigenvalue weighted by Gasteiger charge is 2.08. The summed E-state index contributed by atoms with van der Waals surface area (Å²) in [6, 6.07) is 9.61. The van der Waals surface area contributed by atoms with Crippen molar-refractivity contribution in [2.24, 2.45) is 5.73 Å². The van der Waals surface area contributed by atoms with E-state index in [4.69, 9.17) is 10.6 Å². The van der Waals surface area contributed by atoms with E-state index in [-0.39, 0.29) is 24.4 Å². The third-order valence-corrected chi connectivity index (χ3v) is 2.64. The van der Waals surface area contributed by atoms with Crippen LogP contribution in [0.15, 0.2) is 30.3 Å². The van der Waals surface area contributed by atoms with Crippen molar-refractivity contribution in [3.05, 3.63) is 35.9 Å². The fourth-order valence-electron chi connectivity index (χ4n) is 1.62. The Balaban J connectivity index is 0.00000324. The Morgan fingerprint density at radius 3 is 2.68 bits per heavy atom. The van der Waals surface area contributed by atoms with Gasteiger partial charge < -0.3 is 5.73 Å². The summed E-state index contributed by atoms with van der Waals surface area (Å²) in [6.07, 6.45) is 3.34. The SMILES string of the molecule is CCCC[C@H](N)CC(=O)NOCc1ccccc1.Cl. The molecule has 108 valence electrons. The molecule has 1 atom stereocenters. The van der Waals surface area contributed by atoms with Gasteiger partial charge in [0, 0.05) is 12.5 Å². The van der Waals surface area contributed by atoms with Crippen molar-refractivity contribution in [2.45, 2.75) is 45.3 Å². The first-order chi connectivity index (χ1) is 8.72. The van der Waals surface area contributed by atoms with Crippen LogP contribution in [0.3, 0.4) is 0 Å². The largest absolute Gasteiger partial charge is 0.327 e. The maximum absolute atomic E-state index is 11.5. The minimum absolute atomic E-state index is 0. The number of amides is 1. The number of halogens is 1. The summed E-state index contributed by atoms with van der Waals surface area (Å²) in [5.41, 5.74) is 9.27. The lowest BCUT2D eigenvalue weighted by Gasteiger charge is -2.11. The molecule has 0 fully saturated rings. The first kappa shape index (κ1) is 17.9. The van der Waals surface area contributed by atoms with E-state index < -0.39 is 0 Å². The smallest absolute Gasteiger partial charge is 0.245 e. The van der Waals surface area contributed by atoms with Crippen LogP contribution in [0.5, 0.6) is 0 Å². The number of hydroxylamine groups is 1. The Labute approximate surface area is 121 Å². The van der Waals surface area contributed by atoms with Crippen molar-refractivity contribution in [1.29, 1.82) is 0 Å². The Bertz CT molecular complexity index is 347. The summed E-state index contributed by atoms with van der Waals surface area (Å²) in [5.74, 6) is -0.158. The molecular weight excluding hydrogens is 264 g/mol. The zero-order valence-corrected chi connectivity index (χ0v) is 12.1. The van der Waals surface area contributed by atoms with Gasteiger partial charge >= 0.3 is 0 Å². The number of unbranched alkanes of at least 4 members (excludes halogenated alkanes) is 1. The number of nitrogens with two attached hydrogens (primary N) is 1. The fourth-order valence-corrected chi connectivity index (χ4v) is 1.62. The minimum atomic E-state index is -0.158. The topological polar surface area (TPSA) is 64.4 Å². The van der Waals surface area contributed by atoms with Crippen LogP contribution in [0.2, 0.25) is 0 Å². The molecule has 1 aromatic carbocycles. The van der Waals surface area contributed by atoms with Gasteiger partial charge in [0.15, 0.2) is 0 Å². The maximum Gasteiger partial charge on any atom is 0.245 e. The number of benzene rings is 1. The van der Waals surface area contributed by atoms with Crippen molar-refractivity contribution < 1.29 is 9.63 Å². The molecule has 0 spiro atoms. The Morgan fingerprint density at radius 1 is 1.37 bits per heavy atom. The number of hydrogen-bond donors (Lipinski definition) is 2. The molecular formula is C14H23ClN2O2. The average Bonchev–Trinajstić information content (AvgIpc) is 2.37. The lowest BCUT2D eigenvalue weighted by molar-refractivity contribution is -0.134. The van der Waals surface area contributed by atoms with Gasteiger partial charge in [0.2, 0.25) is 5.91 Å². The third kappa shape index (κ3) is 8.59. The summed E-state index contributed by atoms with van der Waals surface area (Å²) >= 11 is 0. The molecule has 1 aromatic rings. The van der Waals surface area contributed by atoms with E-state index in [1.165, 1.54) is 0 Å². The molecule has 1 rings (SSSR count). The second-order valence-corrected chi connectivity index (χ2v) is 4.41. The van der Waals surface area contributed by atoms with Crippen LogP contribution in [-0.4, -0.2) is 11.9 Å². The van der Waals surface area contributed by atoms with E-state index in [0.717, 1.165) is 24.8 Å². The molecule has 19 heavy (non-hydrogen) atoms. The summed E-state index contributed by atoms with van der Waals surface area (Å²) in [4.78, 5) is 16.6. The molecule has 0 radical (unpaired) electrons. The lowest BCUT2D eigenvalue weighted by Crippen LogP contribution is -2.31. The van der Waals surface area contributed by atoms with Crippen LogP contribution in [0.25, 0.3) is 0 Å². The van der Waals surface area contributed by atoms with Crippen molar-refractivity contribution in [2.75, 3.05) is 0 Å². The van der Waals surface area contributed by atoms with Gasteiger partial charge in [-0.2, -0.15) is 0 Å². The van der Waals surface area contributed by atoms with Gasteiger partial charge in [-0.05, 0) is 12.0 Å². The van der Waals surface area contributed by atoms with Crippen LogP contribution in [0, 0.1) is 0 Å². The van der Waals surface area contributed by atoms with E-state index in [0.29, 0.717) is 13.0 Å². The molecule has 0 aliphatic rings. The van der Waals surface area contributed by atoms with Gasteiger partial charge in [0.1, 0.15) is 0 Å². The Hall–Kier alpha value is -1.10. The van der Waals surface area contributed by atoms with Gasteiger partial charge in [0.05, 0.1) is 6.61 Å². The summed E-state index contributed by atoms with van der Waals surface area (Å²) < 4.78 is 0. The second-order valence-electron chi connectivity index (χ2n) is 4.41. The summed E-state index contributed by atoms with van der Waals surface area (Å²) in [6.45, 7) is 2.48. The molecule has 0 heterocycles. The van der Waals surface area contributed by atoms with Crippen LogP contribution < -0.4 is 11.2 Å². The maximum atomic E-state index is 11.5. The van der Waals surface area contributed by atoms with Gasteiger partial charge in [-0.15, -0.1) is 12.4 Å². The fraction of sp³-hybridized carbons (Fsp3) is 0.500. The quantitative estimate of drug-likeness (QED) is 0.722. The van der Waals surface area contributed by atoms with Crippen molar-refractivity contribution in [3.8, 4) is 0 Å². The van der Waals surface area contributed by atoms with Crippen molar-refractivity contribution >= 4 is 18.3 Å². The Kier molecular flexibility index (Phi) is 10.2. The van der Waals surface area contributed by atoms with E-state index in [9.17, 15) is 4.79 Å². The molecule has 4 nitrogen and oxygen atoms in total. The molecule has 0 aliphatic carbocycles. The van der Waals surface area contributed by atoms with Gasteiger partial charge in [0.25, 0.3) is 0 Å². The van der Waals surface area contributed by atoms with Crippen molar-refractivity contribution in [1.82, 2.24) is 5.48 Å². The molecule has 3 N–H and O–H groups in total. The molecule has 0 aliphatic heterocycles. The zero-order chi connectivity index (χ0) is 13.2. The van der Waals surface area contributed by atoms with E-state index in [1.807, 2.05) is 30.3 Å². The summed E-state index contributed by atoms with van der Waals surface area (Å²) in [7, 11) is 0. The van der Waals surface area contributed by atoms with Gasteiger partial charge in [-0.3, -0.25) is 9.63 Å². The lowest BCUT2D eigenvalue weighted by atomic mass is 10.1. The normalized spacial score (nSPS) is 11.5. The molecule has 0 bridgehead atoms. The second kappa shape index (κ2) is 10.8. The Morgan fingerprint density at radius 2 is 2.05 bits per heavy atom. The standard InChI is InChI=1S/C14H22N2O2.ClH/c1-2-3-9-13(15)10-14(17)16-18-11-12-7-5-4-6-8-12;/h4-8,13H,2-3,9-11,15H2,1H3,(H,16,17);1H/t13-;/m0./s1. The van der Waals surface area contributed by atoms with Crippen LogP contribution in [-0.2, 0) is 16.2 Å². The van der Waals surface area contributed by atoms with E-state index in [1.54, 1.807) is 0 Å². The number of carbonyl (C=O) groups is 1. The van der Waals surface area contributed by atoms with Gasteiger partial charge in [-0.25, -0.2) is 5.48 Å². The number of hydrogen-bond acceptors (Lipinski definition) is 3. The molecule has 0 unspecified atom stereocenters. The monoisotopic (exact) mass is 286 g/mol. The molecule has 1 amide bonds. The zero-order valence-electron chi connectivity index (χ0n) is 11.3. The summed E-state index contributed by atoms with van der Waals surface area (Å²) in [5, 5.41) is 0. The first-order valence-corrected chi connectivity index (χ1v) is 6.42. The van der Waals surface area contributed by atoms with Gasteiger partial charge in [-0.1, -0.05) is 50.1 Å². The molecule has 5 heteroatoms. The number of carbonyl (C=O) groups excluding carboxylic acids is 1. The van der Waals surface area contributed by atoms with E-state index in [2.05, 4.69) is 12.4 Å². The highest BCUT2D eigenvalue weighted by atomic mass is 35.5. The highest BCUT2D eigenvalue weighted by Crippen LogP contribution is 2.02. The van der Waals surface area contributed by atoms with Crippen LogP contribution >= 0.6 is 12.4 Å². The van der Waals surface area contributed by atoms with Crippen molar-refractivity contribution in [3.63, 3.8) is 0 Å². The predicted molar refractivity (Wildman–Crippen MR) is 78.7 cm³/mol. The van der Waals surface area contributed by atoms with E-state index >= 15 is 0 Å². The molecule has 0 saturated carbocycles. The third-order valence-electron chi connectivity index (χ3n) is 2.64. The molecule has 0 saturated heterocycles.